The van der Waals surface area contributed by atoms with Crippen molar-refractivity contribution in [2.75, 3.05) is 11.9 Å². The summed E-state index contributed by atoms with van der Waals surface area (Å²) in [5, 5.41) is 8.80. The van der Waals surface area contributed by atoms with Crippen molar-refractivity contribution >= 4 is 22.8 Å². The molecule has 1 aromatic heterocycles. The minimum atomic E-state index is -0.800. The van der Waals surface area contributed by atoms with E-state index in [1.165, 1.54) is 0 Å². The molecule has 0 aliphatic rings. The number of carbonyl (C=O) groups is 1. The molecule has 1 N–H and O–H groups in total. The SMILES string of the molecule is Cc1nc2ccc(N(C)C(C)CC(=O)O)cc2o1. The predicted molar refractivity (Wildman–Crippen MR) is 68.9 cm³/mol. The van der Waals surface area contributed by atoms with Gasteiger partial charge < -0.3 is 14.4 Å². The summed E-state index contributed by atoms with van der Waals surface area (Å²) in [6, 6.07) is 5.60. The van der Waals surface area contributed by atoms with Gasteiger partial charge in [-0.25, -0.2) is 4.98 Å². The van der Waals surface area contributed by atoms with E-state index in [1.807, 2.05) is 37.1 Å². The lowest BCUT2D eigenvalue weighted by molar-refractivity contribution is -0.137. The highest BCUT2D eigenvalue weighted by molar-refractivity contribution is 5.78. The molecule has 5 heteroatoms. The quantitative estimate of drug-likeness (QED) is 0.900. The van der Waals surface area contributed by atoms with Crippen LogP contribution in [0.4, 0.5) is 5.69 Å². The zero-order valence-corrected chi connectivity index (χ0v) is 10.7. The van der Waals surface area contributed by atoms with Crippen LogP contribution in [0.2, 0.25) is 0 Å². The molecule has 0 bridgehead atoms. The average Bonchev–Trinajstić information content (AvgIpc) is 2.65. The number of carboxylic acid groups (broad SMARTS) is 1. The molecular weight excluding hydrogens is 232 g/mol. The molecule has 2 rings (SSSR count). The van der Waals surface area contributed by atoms with Crippen molar-refractivity contribution in [3.8, 4) is 0 Å². The predicted octanol–water partition coefficient (Wildman–Crippen LogP) is 2.44. The maximum atomic E-state index is 10.7. The van der Waals surface area contributed by atoms with Gasteiger partial charge >= 0.3 is 5.97 Å². The molecular formula is C13H16N2O3. The second kappa shape index (κ2) is 4.68. The molecule has 1 atom stereocenters. The van der Waals surface area contributed by atoms with E-state index in [2.05, 4.69) is 4.98 Å². The average molecular weight is 248 g/mol. The minimum Gasteiger partial charge on any atom is -0.481 e. The number of carboxylic acids is 1. The van der Waals surface area contributed by atoms with Gasteiger partial charge in [-0.2, -0.15) is 0 Å². The van der Waals surface area contributed by atoms with Gasteiger partial charge in [0.1, 0.15) is 5.52 Å². The van der Waals surface area contributed by atoms with Crippen LogP contribution < -0.4 is 4.90 Å². The number of aliphatic carboxylic acids is 1. The molecule has 0 spiro atoms. The van der Waals surface area contributed by atoms with Crippen LogP contribution >= 0.6 is 0 Å². The van der Waals surface area contributed by atoms with Gasteiger partial charge in [0.15, 0.2) is 11.5 Å². The maximum Gasteiger partial charge on any atom is 0.305 e. The summed E-state index contributed by atoms with van der Waals surface area (Å²) in [4.78, 5) is 16.9. The first-order valence-corrected chi connectivity index (χ1v) is 5.79. The molecule has 0 aliphatic heterocycles. The number of benzene rings is 1. The molecule has 0 amide bonds. The minimum absolute atomic E-state index is 0.0797. The molecule has 0 fully saturated rings. The number of rotatable bonds is 4. The second-order valence-corrected chi connectivity index (χ2v) is 4.44. The van der Waals surface area contributed by atoms with Gasteiger partial charge in [0.05, 0.1) is 6.42 Å². The number of hydrogen-bond acceptors (Lipinski definition) is 4. The molecule has 1 aromatic carbocycles. The Labute approximate surface area is 105 Å². The van der Waals surface area contributed by atoms with E-state index in [1.54, 1.807) is 6.92 Å². The summed E-state index contributed by atoms with van der Waals surface area (Å²) in [6.07, 6.45) is 0.101. The van der Waals surface area contributed by atoms with Crippen LogP contribution in [0.3, 0.4) is 0 Å². The van der Waals surface area contributed by atoms with Crippen molar-refractivity contribution in [1.82, 2.24) is 4.98 Å². The summed E-state index contributed by atoms with van der Waals surface area (Å²) in [7, 11) is 1.87. The van der Waals surface area contributed by atoms with E-state index in [-0.39, 0.29) is 12.5 Å². The fourth-order valence-electron chi connectivity index (χ4n) is 1.89. The Hall–Kier alpha value is -2.04. The van der Waals surface area contributed by atoms with E-state index in [0.29, 0.717) is 5.89 Å². The van der Waals surface area contributed by atoms with Crippen molar-refractivity contribution in [1.29, 1.82) is 0 Å². The Morgan fingerprint density at radius 1 is 1.56 bits per heavy atom. The van der Waals surface area contributed by atoms with Gasteiger partial charge in [-0.15, -0.1) is 0 Å². The molecule has 0 saturated carbocycles. The smallest absolute Gasteiger partial charge is 0.305 e. The van der Waals surface area contributed by atoms with Gasteiger partial charge in [-0.05, 0) is 19.1 Å². The van der Waals surface area contributed by atoms with Gasteiger partial charge in [0.2, 0.25) is 0 Å². The van der Waals surface area contributed by atoms with E-state index < -0.39 is 5.97 Å². The molecule has 96 valence electrons. The highest BCUT2D eigenvalue weighted by Gasteiger charge is 2.14. The molecule has 1 unspecified atom stereocenters. The van der Waals surface area contributed by atoms with Crippen LogP contribution in [0, 0.1) is 6.92 Å². The third-order valence-corrected chi connectivity index (χ3v) is 3.02. The fourth-order valence-corrected chi connectivity index (χ4v) is 1.89. The molecule has 0 radical (unpaired) electrons. The lowest BCUT2D eigenvalue weighted by Crippen LogP contribution is -2.30. The first-order chi connectivity index (χ1) is 8.47. The number of fused-ring (bicyclic) bond motifs is 1. The van der Waals surface area contributed by atoms with Crippen molar-refractivity contribution in [3.05, 3.63) is 24.1 Å². The van der Waals surface area contributed by atoms with Gasteiger partial charge in [0.25, 0.3) is 0 Å². The van der Waals surface area contributed by atoms with E-state index in [0.717, 1.165) is 16.8 Å². The third kappa shape index (κ3) is 2.45. The van der Waals surface area contributed by atoms with Crippen molar-refractivity contribution < 1.29 is 14.3 Å². The number of aromatic nitrogens is 1. The Morgan fingerprint density at radius 3 is 2.94 bits per heavy atom. The number of anilines is 1. The maximum absolute atomic E-state index is 10.7. The standard InChI is InChI=1S/C13H16N2O3/c1-8(6-13(16)17)15(3)10-4-5-11-12(7-10)18-9(2)14-11/h4-5,7-8H,6H2,1-3H3,(H,16,17). The van der Waals surface area contributed by atoms with Gasteiger partial charge in [-0.1, -0.05) is 0 Å². The van der Waals surface area contributed by atoms with Gasteiger partial charge in [0, 0.05) is 31.8 Å². The van der Waals surface area contributed by atoms with Gasteiger partial charge in [-0.3, -0.25) is 4.79 Å². The van der Waals surface area contributed by atoms with E-state index >= 15 is 0 Å². The van der Waals surface area contributed by atoms with Crippen molar-refractivity contribution in [2.24, 2.45) is 0 Å². The lowest BCUT2D eigenvalue weighted by Gasteiger charge is -2.25. The zero-order chi connectivity index (χ0) is 13.3. The molecule has 1 heterocycles. The van der Waals surface area contributed by atoms with Crippen LogP contribution in [-0.4, -0.2) is 29.1 Å². The third-order valence-electron chi connectivity index (χ3n) is 3.02. The van der Waals surface area contributed by atoms with Crippen LogP contribution in [0.25, 0.3) is 11.1 Å². The highest BCUT2D eigenvalue weighted by Crippen LogP contribution is 2.23. The zero-order valence-electron chi connectivity index (χ0n) is 10.7. The van der Waals surface area contributed by atoms with Crippen LogP contribution in [0.1, 0.15) is 19.2 Å². The highest BCUT2D eigenvalue weighted by atomic mass is 16.4. The monoisotopic (exact) mass is 248 g/mol. The first kappa shape index (κ1) is 12.4. The number of hydrogen-bond donors (Lipinski definition) is 1. The summed E-state index contributed by atoms with van der Waals surface area (Å²) >= 11 is 0. The van der Waals surface area contributed by atoms with Crippen LogP contribution in [0.5, 0.6) is 0 Å². The normalized spacial score (nSPS) is 12.6. The molecule has 18 heavy (non-hydrogen) atoms. The molecule has 5 nitrogen and oxygen atoms in total. The Balaban J connectivity index is 2.26. The van der Waals surface area contributed by atoms with Crippen LogP contribution in [-0.2, 0) is 4.79 Å². The Kier molecular flexibility index (Phi) is 3.23. The lowest BCUT2D eigenvalue weighted by atomic mass is 10.2. The Morgan fingerprint density at radius 2 is 2.28 bits per heavy atom. The van der Waals surface area contributed by atoms with Crippen LogP contribution in [0.15, 0.2) is 22.6 Å². The number of aryl methyl sites for hydroxylation is 1. The molecule has 0 aliphatic carbocycles. The molecule has 0 saturated heterocycles. The largest absolute Gasteiger partial charge is 0.481 e. The first-order valence-electron chi connectivity index (χ1n) is 5.79. The summed E-state index contributed by atoms with van der Waals surface area (Å²) in [5.41, 5.74) is 2.46. The molecule has 2 aromatic rings. The fraction of sp³-hybridized carbons (Fsp3) is 0.385. The van der Waals surface area contributed by atoms with Crippen molar-refractivity contribution in [2.45, 2.75) is 26.3 Å². The Bertz CT molecular complexity index is 577. The second-order valence-electron chi connectivity index (χ2n) is 4.44. The summed E-state index contributed by atoms with van der Waals surface area (Å²) in [5.74, 6) is -0.172. The topological polar surface area (TPSA) is 66.6 Å². The van der Waals surface area contributed by atoms with E-state index in [4.69, 9.17) is 9.52 Å². The van der Waals surface area contributed by atoms with E-state index in [9.17, 15) is 4.79 Å². The summed E-state index contributed by atoms with van der Waals surface area (Å²) in [6.45, 7) is 3.68. The van der Waals surface area contributed by atoms with Crippen molar-refractivity contribution in [3.63, 3.8) is 0 Å². The number of nitrogens with zero attached hydrogens (tertiary/aromatic N) is 2. The summed E-state index contributed by atoms with van der Waals surface area (Å²) < 4.78 is 5.47. The number of oxazole rings is 1.